The van der Waals surface area contributed by atoms with Crippen molar-refractivity contribution in [1.29, 1.82) is 0 Å². The molecule has 1 rings (SSSR count). The van der Waals surface area contributed by atoms with Crippen LogP contribution in [0.3, 0.4) is 0 Å². The third kappa shape index (κ3) is 4.80. The summed E-state index contributed by atoms with van der Waals surface area (Å²) in [5, 5.41) is 5.89. The Morgan fingerprint density at radius 2 is 2.00 bits per heavy atom. The lowest BCUT2D eigenvalue weighted by molar-refractivity contribution is -0.121. The summed E-state index contributed by atoms with van der Waals surface area (Å²) in [4.78, 5) is 24.1. The molecule has 5 nitrogen and oxygen atoms in total. The van der Waals surface area contributed by atoms with Crippen LogP contribution in [0.2, 0.25) is 0 Å². The highest BCUT2D eigenvalue weighted by molar-refractivity contribution is 7.09. The number of aromatic nitrogens is 1. The molecule has 0 aliphatic rings. The standard InChI is InChI=1S/C11H19N3O2S.ClH/c1-4-12-5-6-13-10(15)7-14-8(2)9(3)17-11(14)16;/h12H,4-7H2,1-3H3,(H,13,15);1H. The summed E-state index contributed by atoms with van der Waals surface area (Å²) in [6.07, 6.45) is 0. The highest BCUT2D eigenvalue weighted by atomic mass is 35.5. The number of amides is 1. The lowest BCUT2D eigenvalue weighted by atomic mass is 10.4. The second-order valence-corrected chi connectivity index (χ2v) is 4.96. The summed E-state index contributed by atoms with van der Waals surface area (Å²) in [7, 11) is 0. The van der Waals surface area contributed by atoms with Crippen LogP contribution in [-0.2, 0) is 11.3 Å². The highest BCUT2D eigenvalue weighted by Crippen LogP contribution is 2.08. The molecule has 0 saturated carbocycles. The minimum atomic E-state index is -0.120. The van der Waals surface area contributed by atoms with Gasteiger partial charge in [-0.3, -0.25) is 14.2 Å². The third-order valence-corrected chi connectivity index (χ3v) is 3.55. The predicted molar refractivity (Wildman–Crippen MR) is 76.9 cm³/mol. The normalized spacial score (nSPS) is 9.94. The van der Waals surface area contributed by atoms with Gasteiger partial charge in [-0.25, -0.2) is 0 Å². The minimum absolute atomic E-state index is 0. The van der Waals surface area contributed by atoms with Gasteiger partial charge in [0.25, 0.3) is 0 Å². The number of rotatable bonds is 6. The average molecular weight is 294 g/mol. The van der Waals surface area contributed by atoms with Gasteiger partial charge in [0.15, 0.2) is 0 Å². The van der Waals surface area contributed by atoms with Crippen molar-refractivity contribution in [3.63, 3.8) is 0 Å². The molecule has 7 heteroatoms. The van der Waals surface area contributed by atoms with E-state index >= 15 is 0 Å². The first-order chi connectivity index (χ1) is 8.06. The van der Waals surface area contributed by atoms with Crippen molar-refractivity contribution in [2.75, 3.05) is 19.6 Å². The highest BCUT2D eigenvalue weighted by Gasteiger charge is 2.10. The summed E-state index contributed by atoms with van der Waals surface area (Å²) < 4.78 is 1.52. The van der Waals surface area contributed by atoms with Crippen molar-refractivity contribution >= 4 is 29.7 Å². The van der Waals surface area contributed by atoms with Crippen molar-refractivity contribution in [1.82, 2.24) is 15.2 Å². The minimum Gasteiger partial charge on any atom is -0.353 e. The SMILES string of the molecule is CCNCCNC(=O)Cn1c(C)c(C)sc1=O.Cl. The van der Waals surface area contributed by atoms with E-state index in [-0.39, 0.29) is 29.7 Å². The number of halogens is 1. The molecule has 0 aromatic carbocycles. The molecule has 1 heterocycles. The molecule has 2 N–H and O–H groups in total. The van der Waals surface area contributed by atoms with Gasteiger partial charge >= 0.3 is 4.87 Å². The number of nitrogens with zero attached hydrogens (tertiary/aromatic N) is 1. The summed E-state index contributed by atoms with van der Waals surface area (Å²) in [6, 6.07) is 0. The third-order valence-electron chi connectivity index (χ3n) is 2.55. The molecule has 0 bridgehead atoms. The maximum Gasteiger partial charge on any atom is 0.308 e. The smallest absolute Gasteiger partial charge is 0.308 e. The van der Waals surface area contributed by atoms with E-state index in [0.717, 1.165) is 23.7 Å². The second-order valence-electron chi connectivity index (χ2n) is 3.80. The molecule has 0 spiro atoms. The van der Waals surface area contributed by atoms with Crippen molar-refractivity contribution in [3.05, 3.63) is 20.2 Å². The molecule has 0 unspecified atom stereocenters. The lowest BCUT2D eigenvalue weighted by Gasteiger charge is -2.07. The molecule has 1 amide bonds. The molecule has 1 aromatic heterocycles. The average Bonchev–Trinajstić information content (AvgIpc) is 2.52. The Morgan fingerprint density at radius 1 is 1.33 bits per heavy atom. The number of carbonyl (C=O) groups excluding carboxylic acids is 1. The number of carbonyl (C=O) groups is 1. The first-order valence-electron chi connectivity index (χ1n) is 5.70. The zero-order valence-corrected chi connectivity index (χ0v) is 12.5. The van der Waals surface area contributed by atoms with E-state index in [2.05, 4.69) is 10.6 Å². The van der Waals surface area contributed by atoms with Crippen LogP contribution in [0.15, 0.2) is 4.79 Å². The van der Waals surface area contributed by atoms with E-state index in [1.54, 1.807) is 0 Å². The summed E-state index contributed by atoms with van der Waals surface area (Å²) >= 11 is 1.18. The van der Waals surface area contributed by atoms with E-state index < -0.39 is 0 Å². The quantitative estimate of drug-likeness (QED) is 0.758. The van der Waals surface area contributed by atoms with Crippen LogP contribution < -0.4 is 15.5 Å². The fraction of sp³-hybridized carbons (Fsp3) is 0.636. The molecule has 0 aliphatic heterocycles. The van der Waals surface area contributed by atoms with Gasteiger partial charge in [-0.05, 0) is 20.4 Å². The number of likely N-dealkylation sites (N-methyl/N-ethyl adjacent to an activating group) is 1. The molecule has 18 heavy (non-hydrogen) atoms. The molecule has 0 radical (unpaired) electrons. The van der Waals surface area contributed by atoms with Crippen LogP contribution in [0.4, 0.5) is 0 Å². The van der Waals surface area contributed by atoms with Crippen LogP contribution in [-0.4, -0.2) is 30.1 Å². The first-order valence-corrected chi connectivity index (χ1v) is 6.52. The van der Waals surface area contributed by atoms with Gasteiger partial charge in [-0.1, -0.05) is 18.3 Å². The van der Waals surface area contributed by atoms with Crippen molar-refractivity contribution < 1.29 is 4.79 Å². The maximum absolute atomic E-state index is 11.6. The number of hydrogen-bond acceptors (Lipinski definition) is 4. The maximum atomic E-state index is 11.6. The van der Waals surface area contributed by atoms with Crippen LogP contribution in [0.1, 0.15) is 17.5 Å². The van der Waals surface area contributed by atoms with Crippen LogP contribution in [0, 0.1) is 13.8 Å². The van der Waals surface area contributed by atoms with Crippen molar-refractivity contribution in [2.24, 2.45) is 0 Å². The first kappa shape index (κ1) is 17.2. The zero-order valence-electron chi connectivity index (χ0n) is 10.9. The monoisotopic (exact) mass is 293 g/mol. The summed E-state index contributed by atoms with van der Waals surface area (Å²) in [6.45, 7) is 8.10. The molecule has 0 saturated heterocycles. The molecule has 1 aromatic rings. The van der Waals surface area contributed by atoms with Gasteiger partial charge in [0, 0.05) is 23.7 Å². The number of thiazole rings is 1. The lowest BCUT2D eigenvalue weighted by Crippen LogP contribution is -2.35. The van der Waals surface area contributed by atoms with E-state index in [1.807, 2.05) is 20.8 Å². The molecule has 0 atom stereocenters. The van der Waals surface area contributed by atoms with Gasteiger partial charge in [0.2, 0.25) is 5.91 Å². The topological polar surface area (TPSA) is 63.1 Å². The van der Waals surface area contributed by atoms with Gasteiger partial charge in [-0.2, -0.15) is 0 Å². The summed E-state index contributed by atoms with van der Waals surface area (Å²) in [5.41, 5.74) is 0.877. The van der Waals surface area contributed by atoms with Gasteiger partial charge < -0.3 is 10.6 Å². The Kier molecular flexibility index (Phi) is 7.90. The van der Waals surface area contributed by atoms with Crippen molar-refractivity contribution in [3.8, 4) is 0 Å². The van der Waals surface area contributed by atoms with Crippen LogP contribution in [0.5, 0.6) is 0 Å². The Labute approximate surface area is 117 Å². The van der Waals surface area contributed by atoms with Gasteiger partial charge in [-0.15, -0.1) is 12.4 Å². The second kappa shape index (κ2) is 8.29. The largest absolute Gasteiger partial charge is 0.353 e. The van der Waals surface area contributed by atoms with E-state index in [9.17, 15) is 9.59 Å². The van der Waals surface area contributed by atoms with E-state index in [4.69, 9.17) is 0 Å². The fourth-order valence-electron chi connectivity index (χ4n) is 1.44. The van der Waals surface area contributed by atoms with Crippen LogP contribution >= 0.6 is 23.7 Å². The zero-order chi connectivity index (χ0) is 12.8. The molecule has 0 aliphatic carbocycles. The molecular formula is C11H20ClN3O2S. The van der Waals surface area contributed by atoms with Gasteiger partial charge in [0.05, 0.1) is 0 Å². The van der Waals surface area contributed by atoms with E-state index in [1.165, 1.54) is 15.9 Å². The Morgan fingerprint density at radius 3 is 2.50 bits per heavy atom. The number of hydrogen-bond donors (Lipinski definition) is 2. The molecule has 0 fully saturated rings. The Bertz CT molecular complexity index is 442. The number of aryl methyl sites for hydroxylation is 1. The van der Waals surface area contributed by atoms with Gasteiger partial charge in [0.1, 0.15) is 6.54 Å². The van der Waals surface area contributed by atoms with E-state index in [0.29, 0.717) is 6.54 Å². The Balaban J connectivity index is 0.00000289. The molecular weight excluding hydrogens is 274 g/mol. The predicted octanol–water partition coefficient (Wildman–Crippen LogP) is 0.674. The Hall–Kier alpha value is -0.850. The molecule has 104 valence electrons. The summed E-state index contributed by atoms with van der Waals surface area (Å²) in [5.74, 6) is -0.120. The number of nitrogens with one attached hydrogen (secondary N) is 2. The fourth-order valence-corrected chi connectivity index (χ4v) is 2.27. The van der Waals surface area contributed by atoms with Crippen molar-refractivity contribution in [2.45, 2.75) is 27.3 Å². The van der Waals surface area contributed by atoms with Crippen LogP contribution in [0.25, 0.3) is 0 Å².